The summed E-state index contributed by atoms with van der Waals surface area (Å²) in [6, 6.07) is -0.419. The van der Waals surface area contributed by atoms with Crippen molar-refractivity contribution in [3.05, 3.63) is 12.2 Å². The fourth-order valence-electron chi connectivity index (χ4n) is 4.12. The van der Waals surface area contributed by atoms with E-state index in [1.807, 2.05) is 0 Å². The Morgan fingerprint density at radius 3 is 1.77 bits per heavy atom. The highest BCUT2D eigenvalue weighted by Gasteiger charge is 2.28. The molecule has 1 N–H and O–H groups in total. The van der Waals surface area contributed by atoms with Crippen molar-refractivity contribution < 1.29 is 14.3 Å². The van der Waals surface area contributed by atoms with E-state index < -0.39 is 6.04 Å². The predicted octanol–water partition coefficient (Wildman–Crippen LogP) is 7.41. The Labute approximate surface area is 192 Å². The molecule has 0 aliphatic carbocycles. The molecule has 1 aliphatic rings. The van der Waals surface area contributed by atoms with Gasteiger partial charge >= 0.3 is 5.97 Å². The van der Waals surface area contributed by atoms with E-state index in [4.69, 9.17) is 4.74 Å². The van der Waals surface area contributed by atoms with Gasteiger partial charge in [0.15, 0.2) is 0 Å². The lowest BCUT2D eigenvalue weighted by Crippen LogP contribution is -2.34. The molecule has 0 radical (unpaired) electrons. The quantitative estimate of drug-likeness (QED) is 0.116. The first kappa shape index (κ1) is 27.7. The van der Waals surface area contributed by atoms with Gasteiger partial charge in [0, 0.05) is 6.42 Å². The molecule has 1 heterocycles. The number of ether oxygens (including phenoxy) is 1. The summed E-state index contributed by atoms with van der Waals surface area (Å²) in [6.07, 6.45) is 29.5. The lowest BCUT2D eigenvalue weighted by Gasteiger charge is -2.09. The molecular formula is C27H49NO3. The number of unbranched alkanes of at least 4 members (excludes halogenated alkanes) is 16. The zero-order chi connectivity index (χ0) is 22.4. The maximum Gasteiger partial charge on any atom is 0.328 e. The fraction of sp³-hybridized carbons (Fsp3) is 0.852. The normalized spacial score (nSPS) is 16.2. The highest BCUT2D eigenvalue weighted by Crippen LogP contribution is 2.13. The van der Waals surface area contributed by atoms with Crippen molar-refractivity contribution in [2.24, 2.45) is 0 Å². The average Bonchev–Trinajstić information content (AvgIpc) is 3.21. The van der Waals surface area contributed by atoms with Crippen molar-refractivity contribution in [2.45, 2.75) is 141 Å². The minimum atomic E-state index is -0.419. The molecule has 0 aromatic heterocycles. The number of hydrogen-bond acceptors (Lipinski definition) is 3. The molecule has 31 heavy (non-hydrogen) atoms. The van der Waals surface area contributed by atoms with Crippen molar-refractivity contribution >= 4 is 11.9 Å². The SMILES string of the molecule is CCCCCCCCCCCCCCCC/C=C/CCCCOC(=O)[C@@H]1CCC(=O)N1. The largest absolute Gasteiger partial charge is 0.464 e. The second-order valence-corrected chi connectivity index (χ2v) is 9.18. The smallest absolute Gasteiger partial charge is 0.328 e. The molecular weight excluding hydrogens is 386 g/mol. The first-order valence-electron chi connectivity index (χ1n) is 13.3. The van der Waals surface area contributed by atoms with Gasteiger partial charge in [0.2, 0.25) is 5.91 Å². The van der Waals surface area contributed by atoms with E-state index in [1.54, 1.807) is 0 Å². The third-order valence-corrected chi connectivity index (χ3v) is 6.18. The number of nitrogens with one attached hydrogen (secondary N) is 1. The van der Waals surface area contributed by atoms with Crippen LogP contribution < -0.4 is 5.32 Å². The molecule has 1 fully saturated rings. The number of allylic oxidation sites excluding steroid dienone is 2. The molecule has 0 bridgehead atoms. The number of carbonyl (C=O) groups excluding carboxylic acids is 2. The van der Waals surface area contributed by atoms with Crippen LogP contribution in [0.25, 0.3) is 0 Å². The van der Waals surface area contributed by atoms with Crippen molar-refractivity contribution in [3.63, 3.8) is 0 Å². The lowest BCUT2D eigenvalue weighted by molar-refractivity contribution is -0.146. The monoisotopic (exact) mass is 435 g/mol. The first-order valence-corrected chi connectivity index (χ1v) is 13.3. The minimum absolute atomic E-state index is 0.0501. The van der Waals surface area contributed by atoms with E-state index in [-0.39, 0.29) is 11.9 Å². The van der Waals surface area contributed by atoms with E-state index in [2.05, 4.69) is 24.4 Å². The summed E-state index contributed by atoms with van der Waals surface area (Å²) in [5, 5.41) is 2.64. The van der Waals surface area contributed by atoms with Gasteiger partial charge in [0.25, 0.3) is 0 Å². The Hall–Kier alpha value is -1.32. The zero-order valence-corrected chi connectivity index (χ0v) is 20.3. The average molecular weight is 436 g/mol. The van der Waals surface area contributed by atoms with Crippen LogP contribution in [0.3, 0.4) is 0 Å². The highest BCUT2D eigenvalue weighted by atomic mass is 16.5. The Morgan fingerprint density at radius 2 is 1.29 bits per heavy atom. The van der Waals surface area contributed by atoms with Crippen LogP contribution in [-0.2, 0) is 14.3 Å². The predicted molar refractivity (Wildman–Crippen MR) is 130 cm³/mol. The number of hydrogen-bond donors (Lipinski definition) is 1. The summed E-state index contributed by atoms with van der Waals surface area (Å²) in [5.74, 6) is -0.329. The molecule has 0 aromatic rings. The van der Waals surface area contributed by atoms with E-state index >= 15 is 0 Å². The Kier molecular flexibility index (Phi) is 18.4. The Morgan fingerprint density at radius 1 is 0.806 bits per heavy atom. The van der Waals surface area contributed by atoms with Crippen LogP contribution in [0, 0.1) is 0 Å². The van der Waals surface area contributed by atoms with Gasteiger partial charge in [-0.25, -0.2) is 4.79 Å². The number of carbonyl (C=O) groups is 2. The molecule has 1 aliphatic heterocycles. The van der Waals surface area contributed by atoms with Crippen LogP contribution in [-0.4, -0.2) is 24.5 Å². The number of amides is 1. The van der Waals surface area contributed by atoms with Crippen molar-refractivity contribution in [3.8, 4) is 0 Å². The van der Waals surface area contributed by atoms with Crippen molar-refractivity contribution in [1.29, 1.82) is 0 Å². The summed E-state index contributed by atoms with van der Waals surface area (Å²) in [5.41, 5.74) is 0. The van der Waals surface area contributed by atoms with Crippen molar-refractivity contribution in [2.75, 3.05) is 6.61 Å². The van der Waals surface area contributed by atoms with Gasteiger partial charge in [0.1, 0.15) is 6.04 Å². The minimum Gasteiger partial charge on any atom is -0.464 e. The molecule has 1 atom stereocenters. The van der Waals surface area contributed by atoms with E-state index in [0.717, 1.165) is 19.3 Å². The number of esters is 1. The van der Waals surface area contributed by atoms with E-state index in [1.165, 1.54) is 96.3 Å². The maximum absolute atomic E-state index is 11.7. The molecule has 1 amide bonds. The summed E-state index contributed by atoms with van der Waals surface area (Å²) < 4.78 is 5.23. The molecule has 0 spiro atoms. The second-order valence-electron chi connectivity index (χ2n) is 9.18. The lowest BCUT2D eigenvalue weighted by atomic mass is 10.0. The van der Waals surface area contributed by atoms with Crippen LogP contribution in [0.2, 0.25) is 0 Å². The van der Waals surface area contributed by atoms with Gasteiger partial charge in [-0.2, -0.15) is 0 Å². The summed E-state index contributed by atoms with van der Waals surface area (Å²) >= 11 is 0. The van der Waals surface area contributed by atoms with Crippen LogP contribution in [0.5, 0.6) is 0 Å². The highest BCUT2D eigenvalue weighted by molar-refractivity contribution is 5.87. The standard InChI is InChI=1S/C27H49NO3/c1-2-3-4-5-6-7-8-9-10-11-12-13-14-15-16-17-18-19-20-21-24-31-27(30)25-22-23-26(29)28-25/h17-18,25H,2-16,19-24H2,1H3,(H,28,29)/b18-17+/t25-/m0/s1. The molecule has 4 nitrogen and oxygen atoms in total. The van der Waals surface area contributed by atoms with Gasteiger partial charge in [-0.1, -0.05) is 103 Å². The molecule has 0 aromatic carbocycles. The molecule has 4 heteroatoms. The van der Waals surface area contributed by atoms with Gasteiger partial charge in [-0.05, 0) is 38.5 Å². The Bertz CT molecular complexity index is 475. The van der Waals surface area contributed by atoms with E-state index in [9.17, 15) is 9.59 Å². The van der Waals surface area contributed by atoms with Crippen LogP contribution in [0.4, 0.5) is 0 Å². The Balaban J connectivity index is 1.73. The summed E-state index contributed by atoms with van der Waals surface area (Å²) in [4.78, 5) is 22.8. The fourth-order valence-corrected chi connectivity index (χ4v) is 4.12. The second kappa shape index (κ2) is 20.6. The topological polar surface area (TPSA) is 55.4 Å². The third-order valence-electron chi connectivity index (χ3n) is 6.18. The van der Waals surface area contributed by atoms with Crippen LogP contribution in [0.15, 0.2) is 12.2 Å². The zero-order valence-electron chi connectivity index (χ0n) is 20.3. The van der Waals surface area contributed by atoms with Gasteiger partial charge in [-0.15, -0.1) is 0 Å². The summed E-state index contributed by atoms with van der Waals surface area (Å²) in [6.45, 7) is 2.74. The summed E-state index contributed by atoms with van der Waals surface area (Å²) in [7, 11) is 0. The van der Waals surface area contributed by atoms with Gasteiger partial charge in [0.05, 0.1) is 6.61 Å². The van der Waals surface area contributed by atoms with Gasteiger partial charge in [-0.3, -0.25) is 4.79 Å². The van der Waals surface area contributed by atoms with E-state index in [0.29, 0.717) is 19.4 Å². The molecule has 1 rings (SSSR count). The van der Waals surface area contributed by atoms with Crippen molar-refractivity contribution in [1.82, 2.24) is 5.32 Å². The van der Waals surface area contributed by atoms with Crippen LogP contribution >= 0.6 is 0 Å². The molecule has 180 valence electrons. The third kappa shape index (κ3) is 17.0. The molecule has 0 saturated carbocycles. The molecule has 0 unspecified atom stereocenters. The van der Waals surface area contributed by atoms with Gasteiger partial charge < -0.3 is 10.1 Å². The maximum atomic E-state index is 11.7. The van der Waals surface area contributed by atoms with Crippen LogP contribution in [0.1, 0.15) is 135 Å². The number of rotatable bonds is 21. The molecule has 1 saturated heterocycles. The first-order chi connectivity index (χ1) is 15.2.